The highest BCUT2D eigenvalue weighted by molar-refractivity contribution is 5.97. The van der Waals surface area contributed by atoms with Gasteiger partial charge in [0.25, 0.3) is 0 Å². The molecule has 1 saturated carbocycles. The van der Waals surface area contributed by atoms with E-state index >= 15 is 0 Å². The molecule has 1 unspecified atom stereocenters. The van der Waals surface area contributed by atoms with Crippen LogP contribution in [0.1, 0.15) is 45.4 Å². The highest BCUT2D eigenvalue weighted by atomic mass is 16.2. The molecule has 24 heavy (non-hydrogen) atoms. The van der Waals surface area contributed by atoms with Crippen molar-refractivity contribution in [1.29, 1.82) is 0 Å². The molecule has 2 heterocycles. The number of nitrogens with one attached hydrogen (secondary N) is 2. The van der Waals surface area contributed by atoms with E-state index in [0.717, 1.165) is 44.6 Å². The fourth-order valence-electron chi connectivity index (χ4n) is 3.72. The summed E-state index contributed by atoms with van der Waals surface area (Å²) in [6, 6.07) is 3.38. The van der Waals surface area contributed by atoms with E-state index in [1.54, 1.807) is 6.20 Å². The van der Waals surface area contributed by atoms with Crippen LogP contribution in [0.3, 0.4) is 0 Å². The topological polar surface area (TPSA) is 74.3 Å². The van der Waals surface area contributed by atoms with Crippen LogP contribution >= 0.6 is 0 Å². The van der Waals surface area contributed by atoms with Crippen molar-refractivity contribution in [1.82, 2.24) is 10.3 Å². The van der Waals surface area contributed by atoms with Crippen molar-refractivity contribution in [2.45, 2.75) is 51.5 Å². The second kappa shape index (κ2) is 7.64. The van der Waals surface area contributed by atoms with Gasteiger partial charge < -0.3 is 15.5 Å². The van der Waals surface area contributed by atoms with Gasteiger partial charge in [-0.2, -0.15) is 0 Å². The lowest BCUT2D eigenvalue weighted by atomic mass is 9.97. The number of rotatable bonds is 5. The SMILES string of the molecule is CC(=O)NC(C(=O)Nc1ccc(N2CCCC2)nc1)C1CCCC1. The predicted octanol–water partition coefficient (Wildman–Crippen LogP) is 2.32. The van der Waals surface area contributed by atoms with E-state index in [-0.39, 0.29) is 17.7 Å². The number of carbonyl (C=O) groups excluding carboxylic acids is 2. The van der Waals surface area contributed by atoms with Crippen LogP contribution in [-0.4, -0.2) is 35.9 Å². The molecule has 2 amide bonds. The Morgan fingerprint density at radius 2 is 1.88 bits per heavy atom. The highest BCUT2D eigenvalue weighted by Crippen LogP contribution is 2.28. The number of amides is 2. The first-order valence-corrected chi connectivity index (χ1v) is 8.92. The minimum absolute atomic E-state index is 0.146. The molecule has 1 aromatic heterocycles. The van der Waals surface area contributed by atoms with Crippen LogP contribution in [0.5, 0.6) is 0 Å². The van der Waals surface area contributed by atoms with Gasteiger partial charge in [-0.25, -0.2) is 4.98 Å². The average molecular weight is 330 g/mol. The third-order valence-corrected chi connectivity index (χ3v) is 4.96. The zero-order valence-electron chi connectivity index (χ0n) is 14.3. The van der Waals surface area contributed by atoms with Gasteiger partial charge in [0, 0.05) is 20.0 Å². The van der Waals surface area contributed by atoms with Gasteiger partial charge in [-0.3, -0.25) is 9.59 Å². The number of anilines is 2. The van der Waals surface area contributed by atoms with Crippen LogP contribution in [0, 0.1) is 5.92 Å². The minimum Gasteiger partial charge on any atom is -0.357 e. The van der Waals surface area contributed by atoms with Gasteiger partial charge in [0.05, 0.1) is 11.9 Å². The van der Waals surface area contributed by atoms with Crippen LogP contribution in [0.2, 0.25) is 0 Å². The molecule has 1 aromatic rings. The molecular weight excluding hydrogens is 304 g/mol. The van der Waals surface area contributed by atoms with E-state index < -0.39 is 6.04 Å². The predicted molar refractivity (Wildman–Crippen MR) is 93.9 cm³/mol. The normalized spacial score (nSPS) is 19.3. The van der Waals surface area contributed by atoms with Crippen LogP contribution < -0.4 is 15.5 Å². The summed E-state index contributed by atoms with van der Waals surface area (Å²) in [6.45, 7) is 3.55. The lowest BCUT2D eigenvalue weighted by Crippen LogP contribution is -2.47. The molecule has 0 bridgehead atoms. The van der Waals surface area contributed by atoms with Gasteiger partial charge >= 0.3 is 0 Å². The minimum atomic E-state index is -0.455. The van der Waals surface area contributed by atoms with Gasteiger partial charge in [-0.1, -0.05) is 12.8 Å². The summed E-state index contributed by atoms with van der Waals surface area (Å²) in [7, 11) is 0. The smallest absolute Gasteiger partial charge is 0.247 e. The van der Waals surface area contributed by atoms with Gasteiger partial charge in [-0.05, 0) is 43.7 Å². The fourth-order valence-corrected chi connectivity index (χ4v) is 3.72. The third kappa shape index (κ3) is 4.04. The summed E-state index contributed by atoms with van der Waals surface area (Å²) in [5.41, 5.74) is 0.677. The van der Waals surface area contributed by atoms with Crippen molar-refractivity contribution in [3.05, 3.63) is 18.3 Å². The molecule has 0 spiro atoms. The van der Waals surface area contributed by atoms with E-state index in [4.69, 9.17) is 0 Å². The fraction of sp³-hybridized carbons (Fsp3) is 0.611. The molecule has 130 valence electrons. The summed E-state index contributed by atoms with van der Waals surface area (Å²) >= 11 is 0. The first-order valence-electron chi connectivity index (χ1n) is 8.92. The number of nitrogens with zero attached hydrogens (tertiary/aromatic N) is 2. The summed E-state index contributed by atoms with van der Waals surface area (Å²) in [5, 5.41) is 5.73. The number of hydrogen-bond donors (Lipinski definition) is 2. The molecule has 1 aliphatic heterocycles. The zero-order valence-corrected chi connectivity index (χ0v) is 14.3. The Morgan fingerprint density at radius 3 is 2.46 bits per heavy atom. The Hall–Kier alpha value is -2.11. The molecule has 6 heteroatoms. The molecule has 1 aliphatic carbocycles. The lowest BCUT2D eigenvalue weighted by molar-refractivity contribution is -0.126. The third-order valence-electron chi connectivity index (χ3n) is 4.96. The number of aromatic nitrogens is 1. The molecule has 0 radical (unpaired) electrons. The van der Waals surface area contributed by atoms with Gasteiger partial charge in [0.2, 0.25) is 11.8 Å². The first kappa shape index (κ1) is 16.7. The summed E-state index contributed by atoms with van der Waals surface area (Å²) < 4.78 is 0. The summed E-state index contributed by atoms with van der Waals surface area (Å²) in [5.74, 6) is 0.878. The maximum Gasteiger partial charge on any atom is 0.247 e. The summed E-state index contributed by atoms with van der Waals surface area (Å²) in [4.78, 5) is 30.8. The van der Waals surface area contributed by atoms with Gasteiger partial charge in [0.15, 0.2) is 0 Å². The van der Waals surface area contributed by atoms with E-state index in [1.807, 2.05) is 12.1 Å². The molecular formula is C18H26N4O2. The maximum atomic E-state index is 12.6. The van der Waals surface area contributed by atoms with Gasteiger partial charge in [0.1, 0.15) is 11.9 Å². The van der Waals surface area contributed by atoms with E-state index in [2.05, 4.69) is 20.5 Å². The Labute approximate surface area is 143 Å². The van der Waals surface area contributed by atoms with E-state index in [1.165, 1.54) is 19.8 Å². The highest BCUT2D eigenvalue weighted by Gasteiger charge is 2.31. The standard InChI is InChI=1S/C18H26N4O2/c1-13(23)20-17(14-6-2-3-7-14)18(24)21-15-8-9-16(19-12-15)22-10-4-5-11-22/h8-9,12,14,17H,2-7,10-11H2,1H3,(H,20,23)(H,21,24). The Balaban J connectivity index is 1.63. The number of hydrogen-bond acceptors (Lipinski definition) is 4. The summed E-state index contributed by atoms with van der Waals surface area (Å²) in [6.07, 6.45) is 8.35. The Morgan fingerprint density at radius 1 is 1.17 bits per heavy atom. The molecule has 6 nitrogen and oxygen atoms in total. The molecule has 2 N–H and O–H groups in total. The van der Waals surface area contributed by atoms with Crippen LogP contribution in [0.15, 0.2) is 18.3 Å². The van der Waals surface area contributed by atoms with Crippen LogP contribution in [0.4, 0.5) is 11.5 Å². The first-order chi connectivity index (χ1) is 11.6. The number of pyridine rings is 1. The molecule has 3 rings (SSSR count). The van der Waals surface area contributed by atoms with Gasteiger partial charge in [-0.15, -0.1) is 0 Å². The van der Waals surface area contributed by atoms with Crippen molar-refractivity contribution >= 4 is 23.3 Å². The molecule has 1 atom stereocenters. The monoisotopic (exact) mass is 330 g/mol. The quantitative estimate of drug-likeness (QED) is 0.869. The van der Waals surface area contributed by atoms with E-state index in [9.17, 15) is 9.59 Å². The molecule has 2 fully saturated rings. The van der Waals surface area contributed by atoms with Crippen molar-refractivity contribution in [3.63, 3.8) is 0 Å². The Bertz CT molecular complexity index is 575. The molecule has 0 aromatic carbocycles. The lowest BCUT2D eigenvalue weighted by Gasteiger charge is -2.23. The van der Waals surface area contributed by atoms with Crippen LogP contribution in [-0.2, 0) is 9.59 Å². The average Bonchev–Trinajstić information content (AvgIpc) is 3.26. The van der Waals surface area contributed by atoms with Crippen molar-refractivity contribution in [3.8, 4) is 0 Å². The van der Waals surface area contributed by atoms with E-state index in [0.29, 0.717) is 5.69 Å². The van der Waals surface area contributed by atoms with Crippen molar-refractivity contribution in [2.24, 2.45) is 5.92 Å². The van der Waals surface area contributed by atoms with Crippen LogP contribution in [0.25, 0.3) is 0 Å². The van der Waals surface area contributed by atoms with Crippen molar-refractivity contribution in [2.75, 3.05) is 23.3 Å². The zero-order chi connectivity index (χ0) is 16.9. The number of carbonyl (C=O) groups is 2. The maximum absolute atomic E-state index is 12.6. The van der Waals surface area contributed by atoms with Crippen molar-refractivity contribution < 1.29 is 9.59 Å². The Kier molecular flexibility index (Phi) is 5.33. The molecule has 1 saturated heterocycles. The second-order valence-electron chi connectivity index (χ2n) is 6.81. The second-order valence-corrected chi connectivity index (χ2v) is 6.81. The molecule has 2 aliphatic rings. The largest absolute Gasteiger partial charge is 0.357 e.